The smallest absolute Gasteiger partial charge is 0.141 e. The van der Waals surface area contributed by atoms with E-state index >= 15 is 0 Å². The molecule has 17 heavy (non-hydrogen) atoms. The van der Waals surface area contributed by atoms with Crippen molar-refractivity contribution in [2.45, 2.75) is 26.4 Å². The fourth-order valence-corrected chi connectivity index (χ4v) is 2.46. The molecule has 1 atom stereocenters. The quantitative estimate of drug-likeness (QED) is 0.899. The molecule has 1 unspecified atom stereocenters. The number of pyridine rings is 1. The van der Waals surface area contributed by atoms with Gasteiger partial charge in [0.2, 0.25) is 0 Å². The maximum atomic E-state index is 13.0. The Kier molecular flexibility index (Phi) is 3.86. The van der Waals surface area contributed by atoms with Crippen molar-refractivity contribution in [2.24, 2.45) is 0 Å². The second kappa shape index (κ2) is 5.38. The first kappa shape index (κ1) is 12.2. The topological polar surface area (TPSA) is 24.9 Å². The van der Waals surface area contributed by atoms with E-state index in [1.807, 2.05) is 6.92 Å². The molecule has 0 aliphatic carbocycles. The van der Waals surface area contributed by atoms with Gasteiger partial charge in [-0.3, -0.25) is 4.98 Å². The van der Waals surface area contributed by atoms with Crippen LogP contribution in [0.3, 0.4) is 0 Å². The number of aryl methyl sites for hydroxylation is 1. The molecule has 4 heteroatoms. The van der Waals surface area contributed by atoms with Crippen LogP contribution in [-0.2, 0) is 6.54 Å². The minimum Gasteiger partial charge on any atom is -0.305 e. The number of aromatic nitrogens is 1. The first-order chi connectivity index (χ1) is 8.15. The maximum Gasteiger partial charge on any atom is 0.141 e. The summed E-state index contributed by atoms with van der Waals surface area (Å²) in [5, 5.41) is 3.36. The predicted molar refractivity (Wildman–Crippen MR) is 68.5 cm³/mol. The lowest BCUT2D eigenvalue weighted by atomic mass is 10.1. The second-order valence-electron chi connectivity index (χ2n) is 4.05. The van der Waals surface area contributed by atoms with Crippen molar-refractivity contribution in [3.05, 3.63) is 51.7 Å². The molecule has 0 amide bonds. The molecule has 2 nitrogen and oxygen atoms in total. The Morgan fingerprint density at radius 3 is 2.88 bits per heavy atom. The zero-order valence-corrected chi connectivity index (χ0v) is 10.7. The molecule has 0 aliphatic heterocycles. The van der Waals surface area contributed by atoms with Crippen LogP contribution in [-0.4, -0.2) is 4.98 Å². The van der Waals surface area contributed by atoms with Crippen LogP contribution >= 0.6 is 11.3 Å². The minimum absolute atomic E-state index is 0.0978. The highest BCUT2D eigenvalue weighted by Crippen LogP contribution is 2.17. The predicted octanol–water partition coefficient (Wildman–Crippen LogP) is 3.44. The Morgan fingerprint density at radius 2 is 2.24 bits per heavy atom. The average Bonchev–Trinajstić information content (AvgIpc) is 2.72. The van der Waals surface area contributed by atoms with Crippen molar-refractivity contribution in [3.63, 3.8) is 0 Å². The number of rotatable bonds is 4. The van der Waals surface area contributed by atoms with Crippen molar-refractivity contribution in [1.82, 2.24) is 10.3 Å². The van der Waals surface area contributed by atoms with Crippen molar-refractivity contribution < 1.29 is 4.39 Å². The Morgan fingerprint density at radius 1 is 1.41 bits per heavy atom. The van der Waals surface area contributed by atoms with E-state index in [1.165, 1.54) is 22.0 Å². The fourth-order valence-electron chi connectivity index (χ4n) is 1.62. The first-order valence-electron chi connectivity index (χ1n) is 5.54. The van der Waals surface area contributed by atoms with Crippen LogP contribution in [0.1, 0.15) is 28.3 Å². The lowest BCUT2D eigenvalue weighted by molar-refractivity contribution is 0.564. The van der Waals surface area contributed by atoms with E-state index in [1.54, 1.807) is 17.5 Å². The average molecular weight is 250 g/mol. The van der Waals surface area contributed by atoms with Crippen LogP contribution in [0.2, 0.25) is 0 Å². The minimum atomic E-state index is -0.289. The van der Waals surface area contributed by atoms with Gasteiger partial charge in [-0.2, -0.15) is 0 Å². The molecule has 2 aromatic rings. The molecule has 0 saturated carbocycles. The van der Waals surface area contributed by atoms with Crippen molar-refractivity contribution in [3.8, 4) is 0 Å². The van der Waals surface area contributed by atoms with Crippen LogP contribution in [0.15, 0.2) is 30.6 Å². The monoisotopic (exact) mass is 250 g/mol. The highest BCUT2D eigenvalue weighted by Gasteiger charge is 2.06. The highest BCUT2D eigenvalue weighted by molar-refractivity contribution is 7.11. The van der Waals surface area contributed by atoms with Crippen LogP contribution in [0.4, 0.5) is 4.39 Å². The third kappa shape index (κ3) is 3.35. The van der Waals surface area contributed by atoms with Crippen LogP contribution in [0.5, 0.6) is 0 Å². The Hall–Kier alpha value is -1.26. The van der Waals surface area contributed by atoms with Crippen LogP contribution < -0.4 is 5.32 Å². The molecule has 2 heterocycles. The van der Waals surface area contributed by atoms with Gasteiger partial charge in [0.25, 0.3) is 0 Å². The summed E-state index contributed by atoms with van der Waals surface area (Å²) < 4.78 is 13.0. The summed E-state index contributed by atoms with van der Waals surface area (Å²) in [5.41, 5.74) is 0.873. The van der Waals surface area contributed by atoms with E-state index < -0.39 is 0 Å². The van der Waals surface area contributed by atoms with Crippen molar-refractivity contribution in [2.75, 3.05) is 0 Å². The van der Waals surface area contributed by atoms with Crippen molar-refractivity contribution >= 4 is 11.3 Å². The van der Waals surface area contributed by atoms with E-state index in [4.69, 9.17) is 0 Å². The fraction of sp³-hybridized carbons (Fsp3) is 0.308. The molecule has 2 rings (SSSR count). The molecule has 0 fully saturated rings. The number of halogens is 1. The maximum absolute atomic E-state index is 13.0. The lowest BCUT2D eigenvalue weighted by Gasteiger charge is -2.12. The summed E-state index contributed by atoms with van der Waals surface area (Å²) in [6.45, 7) is 4.90. The van der Waals surface area contributed by atoms with Gasteiger partial charge < -0.3 is 5.32 Å². The van der Waals surface area contributed by atoms with Gasteiger partial charge in [-0.15, -0.1) is 11.3 Å². The SMILES string of the molecule is Cc1ccc(CNC(C)c2cncc(F)c2)s1. The summed E-state index contributed by atoms with van der Waals surface area (Å²) >= 11 is 1.78. The first-order valence-corrected chi connectivity index (χ1v) is 6.36. The second-order valence-corrected chi connectivity index (χ2v) is 5.42. The third-order valence-corrected chi connectivity index (χ3v) is 3.61. The Bertz CT molecular complexity index is 496. The van der Waals surface area contributed by atoms with Gasteiger partial charge in [0, 0.05) is 28.5 Å². The molecule has 1 N–H and O–H groups in total. The number of hydrogen-bond donors (Lipinski definition) is 1. The van der Waals surface area contributed by atoms with Gasteiger partial charge in [0.15, 0.2) is 0 Å². The molecule has 90 valence electrons. The van der Waals surface area contributed by atoms with Gasteiger partial charge in [0.1, 0.15) is 5.82 Å². The van der Waals surface area contributed by atoms with Gasteiger partial charge in [-0.25, -0.2) is 4.39 Å². The van der Waals surface area contributed by atoms with E-state index in [9.17, 15) is 4.39 Å². The highest BCUT2D eigenvalue weighted by atomic mass is 32.1. The molecule has 0 spiro atoms. The molecular weight excluding hydrogens is 235 g/mol. The molecule has 0 aromatic carbocycles. The van der Waals surface area contributed by atoms with Gasteiger partial charge in [-0.1, -0.05) is 0 Å². The molecule has 2 aromatic heterocycles. The summed E-state index contributed by atoms with van der Waals surface area (Å²) in [6, 6.07) is 5.84. The summed E-state index contributed by atoms with van der Waals surface area (Å²) in [6.07, 6.45) is 2.92. The Balaban J connectivity index is 1.95. The third-order valence-electron chi connectivity index (χ3n) is 2.60. The zero-order chi connectivity index (χ0) is 12.3. The number of thiophene rings is 1. The van der Waals surface area contributed by atoms with E-state index in [0.29, 0.717) is 0 Å². The largest absolute Gasteiger partial charge is 0.305 e. The van der Waals surface area contributed by atoms with E-state index in [2.05, 4.69) is 29.4 Å². The molecule has 0 bridgehead atoms. The van der Waals surface area contributed by atoms with Gasteiger partial charge in [-0.05, 0) is 37.6 Å². The molecule has 0 radical (unpaired) electrons. The molecule has 0 saturated heterocycles. The van der Waals surface area contributed by atoms with Crippen LogP contribution in [0.25, 0.3) is 0 Å². The lowest BCUT2D eigenvalue weighted by Crippen LogP contribution is -2.17. The summed E-state index contributed by atoms with van der Waals surface area (Å²) in [5.74, 6) is -0.289. The number of nitrogens with one attached hydrogen (secondary N) is 1. The summed E-state index contributed by atoms with van der Waals surface area (Å²) in [4.78, 5) is 6.45. The van der Waals surface area contributed by atoms with Crippen LogP contribution in [0, 0.1) is 12.7 Å². The summed E-state index contributed by atoms with van der Waals surface area (Å²) in [7, 11) is 0. The van der Waals surface area contributed by atoms with Gasteiger partial charge >= 0.3 is 0 Å². The standard InChI is InChI=1S/C13H15FN2S/c1-9-3-4-13(17-9)8-16-10(2)11-5-12(14)7-15-6-11/h3-7,10,16H,8H2,1-2H3. The van der Waals surface area contributed by atoms with Crippen molar-refractivity contribution in [1.29, 1.82) is 0 Å². The normalized spacial score (nSPS) is 12.6. The van der Waals surface area contributed by atoms with E-state index in [-0.39, 0.29) is 11.9 Å². The number of hydrogen-bond acceptors (Lipinski definition) is 3. The Labute approximate surface area is 105 Å². The van der Waals surface area contributed by atoms with Gasteiger partial charge in [0.05, 0.1) is 6.20 Å². The number of nitrogens with zero attached hydrogens (tertiary/aromatic N) is 1. The molecule has 0 aliphatic rings. The molecular formula is C13H15FN2S. The zero-order valence-electron chi connectivity index (χ0n) is 9.90. The van der Waals surface area contributed by atoms with E-state index in [0.717, 1.165) is 12.1 Å².